The van der Waals surface area contributed by atoms with Crippen LogP contribution >= 0.6 is 11.6 Å². The number of aliphatic carboxylic acids is 1. The molecule has 1 atom stereocenters. The maximum absolute atomic E-state index is 12.8. The molecule has 6 nitrogen and oxygen atoms in total. The lowest BCUT2D eigenvalue weighted by Crippen LogP contribution is -2.43. The van der Waals surface area contributed by atoms with Crippen molar-refractivity contribution in [1.82, 2.24) is 4.31 Å². The topological polar surface area (TPSA) is 83.9 Å². The van der Waals surface area contributed by atoms with Crippen LogP contribution in [0.5, 0.6) is 5.75 Å². The summed E-state index contributed by atoms with van der Waals surface area (Å²) in [5.41, 5.74) is 1.42. The third-order valence-electron chi connectivity index (χ3n) is 4.08. The molecular weight excluding hydrogens is 378 g/mol. The van der Waals surface area contributed by atoms with Gasteiger partial charge in [0.1, 0.15) is 11.8 Å². The van der Waals surface area contributed by atoms with Gasteiger partial charge in [0.15, 0.2) is 0 Å². The van der Waals surface area contributed by atoms with Crippen molar-refractivity contribution >= 4 is 27.6 Å². The van der Waals surface area contributed by atoms with Crippen LogP contribution in [0.1, 0.15) is 11.1 Å². The second-order valence-electron chi connectivity index (χ2n) is 5.85. The summed E-state index contributed by atoms with van der Waals surface area (Å²) >= 11 is 5.98. The summed E-state index contributed by atoms with van der Waals surface area (Å²) < 4.78 is 31.7. The van der Waals surface area contributed by atoms with E-state index >= 15 is 0 Å². The molecule has 0 aliphatic heterocycles. The molecule has 2 rings (SSSR count). The molecule has 0 bridgehead atoms. The molecule has 0 aliphatic carbocycles. The Bertz CT molecular complexity index is 896. The lowest BCUT2D eigenvalue weighted by atomic mass is 10.1. The number of rotatable bonds is 7. The molecule has 2 aromatic rings. The smallest absolute Gasteiger partial charge is 0.322 e. The van der Waals surface area contributed by atoms with Gasteiger partial charge in [-0.3, -0.25) is 4.79 Å². The summed E-state index contributed by atoms with van der Waals surface area (Å²) in [4.78, 5) is 11.8. The molecule has 0 heterocycles. The van der Waals surface area contributed by atoms with E-state index in [4.69, 9.17) is 16.3 Å². The summed E-state index contributed by atoms with van der Waals surface area (Å²) in [6.45, 7) is 1.84. The van der Waals surface area contributed by atoms with Crippen molar-refractivity contribution in [3.05, 3.63) is 58.6 Å². The van der Waals surface area contributed by atoms with Gasteiger partial charge in [-0.05, 0) is 42.8 Å². The summed E-state index contributed by atoms with van der Waals surface area (Å²) in [6, 6.07) is 9.74. The zero-order valence-electron chi connectivity index (χ0n) is 14.6. The number of sulfonamides is 1. The van der Waals surface area contributed by atoms with E-state index in [9.17, 15) is 18.3 Å². The Kier molecular flexibility index (Phi) is 6.28. The summed E-state index contributed by atoms with van der Waals surface area (Å²) in [7, 11) is -1.26. The van der Waals surface area contributed by atoms with Gasteiger partial charge in [0, 0.05) is 18.5 Å². The number of likely N-dealkylation sites (N-methyl/N-ethyl adjacent to an activating group) is 1. The molecule has 2 aromatic carbocycles. The van der Waals surface area contributed by atoms with Crippen molar-refractivity contribution in [1.29, 1.82) is 0 Å². The van der Waals surface area contributed by atoms with Crippen molar-refractivity contribution in [2.75, 3.05) is 14.2 Å². The van der Waals surface area contributed by atoms with E-state index in [1.54, 1.807) is 30.3 Å². The van der Waals surface area contributed by atoms with E-state index in [0.29, 0.717) is 16.3 Å². The second-order valence-corrected chi connectivity index (χ2v) is 8.28. The summed E-state index contributed by atoms with van der Waals surface area (Å²) in [6.07, 6.45) is -0.0827. The van der Waals surface area contributed by atoms with Gasteiger partial charge in [0.25, 0.3) is 0 Å². The van der Waals surface area contributed by atoms with Crippen molar-refractivity contribution in [2.45, 2.75) is 24.3 Å². The first-order valence-electron chi connectivity index (χ1n) is 7.76. The van der Waals surface area contributed by atoms with Crippen LogP contribution in [0.4, 0.5) is 0 Å². The number of hydrogen-bond donors (Lipinski definition) is 1. The lowest BCUT2D eigenvalue weighted by Gasteiger charge is -2.25. The van der Waals surface area contributed by atoms with E-state index in [-0.39, 0.29) is 11.3 Å². The van der Waals surface area contributed by atoms with Crippen LogP contribution in [-0.2, 0) is 21.2 Å². The number of methoxy groups -OCH3 is 1. The highest BCUT2D eigenvalue weighted by Gasteiger charge is 2.33. The lowest BCUT2D eigenvalue weighted by molar-refractivity contribution is -0.141. The molecule has 0 saturated carbocycles. The van der Waals surface area contributed by atoms with Gasteiger partial charge in [0.2, 0.25) is 10.0 Å². The SMILES string of the molecule is COc1ccc(Cl)cc1C[C@H](C(=O)O)N(C)S(=O)(=O)c1ccc(C)cc1. The van der Waals surface area contributed by atoms with Crippen LogP contribution in [0.25, 0.3) is 0 Å². The van der Waals surface area contributed by atoms with Crippen LogP contribution in [0, 0.1) is 6.92 Å². The molecule has 0 aliphatic rings. The minimum absolute atomic E-state index is 0.0370. The van der Waals surface area contributed by atoms with Gasteiger partial charge in [-0.2, -0.15) is 4.31 Å². The first-order valence-corrected chi connectivity index (χ1v) is 9.58. The number of carboxylic acids is 1. The minimum atomic E-state index is -3.97. The zero-order valence-corrected chi connectivity index (χ0v) is 16.2. The molecule has 0 amide bonds. The normalized spacial score (nSPS) is 12.8. The number of halogens is 1. The third-order valence-corrected chi connectivity index (χ3v) is 6.19. The molecular formula is C18H20ClNO5S. The second kappa shape index (κ2) is 8.07. The number of benzene rings is 2. The van der Waals surface area contributed by atoms with Crippen LogP contribution in [0.3, 0.4) is 0 Å². The minimum Gasteiger partial charge on any atom is -0.496 e. The Morgan fingerprint density at radius 1 is 1.23 bits per heavy atom. The molecule has 0 fully saturated rings. The van der Waals surface area contributed by atoms with E-state index in [1.807, 2.05) is 6.92 Å². The maximum atomic E-state index is 12.8. The Labute approximate surface area is 158 Å². The van der Waals surface area contributed by atoms with E-state index in [2.05, 4.69) is 0 Å². The average Bonchev–Trinajstić information content (AvgIpc) is 2.59. The highest BCUT2D eigenvalue weighted by molar-refractivity contribution is 7.89. The van der Waals surface area contributed by atoms with Crippen LogP contribution < -0.4 is 4.74 Å². The quantitative estimate of drug-likeness (QED) is 0.776. The van der Waals surface area contributed by atoms with Gasteiger partial charge in [-0.15, -0.1) is 0 Å². The van der Waals surface area contributed by atoms with Crippen molar-refractivity contribution in [2.24, 2.45) is 0 Å². The molecule has 0 aromatic heterocycles. The molecule has 0 radical (unpaired) electrons. The van der Waals surface area contributed by atoms with Gasteiger partial charge < -0.3 is 9.84 Å². The average molecular weight is 398 g/mol. The van der Waals surface area contributed by atoms with Crippen LogP contribution in [0.2, 0.25) is 5.02 Å². The molecule has 1 N–H and O–H groups in total. The van der Waals surface area contributed by atoms with E-state index in [1.165, 1.54) is 26.3 Å². The molecule has 26 heavy (non-hydrogen) atoms. The highest BCUT2D eigenvalue weighted by atomic mass is 35.5. The van der Waals surface area contributed by atoms with Crippen molar-refractivity contribution in [3.63, 3.8) is 0 Å². The fourth-order valence-corrected chi connectivity index (χ4v) is 4.04. The number of hydrogen-bond acceptors (Lipinski definition) is 4. The van der Waals surface area contributed by atoms with Gasteiger partial charge in [-0.1, -0.05) is 29.3 Å². The predicted molar refractivity (Wildman–Crippen MR) is 99.3 cm³/mol. The van der Waals surface area contributed by atoms with E-state index < -0.39 is 22.0 Å². The molecule has 0 spiro atoms. The highest BCUT2D eigenvalue weighted by Crippen LogP contribution is 2.26. The number of nitrogens with zero attached hydrogens (tertiary/aromatic N) is 1. The largest absolute Gasteiger partial charge is 0.496 e. The molecule has 0 unspecified atom stereocenters. The maximum Gasteiger partial charge on any atom is 0.322 e. The Hall–Kier alpha value is -2.09. The number of carbonyl (C=O) groups is 1. The predicted octanol–water partition coefficient (Wildman–Crippen LogP) is 2.97. The number of ether oxygens (including phenoxy) is 1. The number of carboxylic acid groups (broad SMARTS) is 1. The summed E-state index contributed by atoms with van der Waals surface area (Å²) in [5, 5.41) is 10.0. The summed E-state index contributed by atoms with van der Waals surface area (Å²) in [5.74, 6) is -0.813. The monoisotopic (exact) mass is 397 g/mol. The Morgan fingerprint density at radius 3 is 2.38 bits per heavy atom. The standard InChI is InChI=1S/C18H20ClNO5S/c1-12-4-7-15(8-5-12)26(23,24)20(2)16(18(21)22)11-13-10-14(19)6-9-17(13)25-3/h4-10,16H,11H2,1-3H3,(H,21,22)/t16-/m1/s1. The fraction of sp³-hybridized carbons (Fsp3) is 0.278. The Balaban J connectivity index is 2.39. The number of aryl methyl sites for hydroxylation is 1. The molecule has 0 saturated heterocycles. The van der Waals surface area contributed by atoms with E-state index in [0.717, 1.165) is 9.87 Å². The van der Waals surface area contributed by atoms with Crippen LogP contribution in [-0.4, -0.2) is 44.0 Å². The van der Waals surface area contributed by atoms with Gasteiger partial charge >= 0.3 is 5.97 Å². The molecule has 8 heteroatoms. The van der Waals surface area contributed by atoms with Crippen molar-refractivity contribution in [3.8, 4) is 5.75 Å². The fourth-order valence-electron chi connectivity index (χ4n) is 2.53. The van der Waals surface area contributed by atoms with Crippen LogP contribution in [0.15, 0.2) is 47.4 Å². The first kappa shape index (κ1) is 20.2. The third kappa shape index (κ3) is 4.35. The zero-order chi connectivity index (χ0) is 19.5. The first-order chi connectivity index (χ1) is 12.2. The molecule has 140 valence electrons. The van der Waals surface area contributed by atoms with Gasteiger partial charge in [0.05, 0.1) is 12.0 Å². The Morgan fingerprint density at radius 2 is 1.85 bits per heavy atom. The van der Waals surface area contributed by atoms with Crippen molar-refractivity contribution < 1.29 is 23.1 Å². The van der Waals surface area contributed by atoms with Gasteiger partial charge in [-0.25, -0.2) is 8.42 Å².